The Morgan fingerprint density at radius 2 is 2.00 bits per heavy atom. The van der Waals surface area contributed by atoms with E-state index >= 15 is 0 Å². The summed E-state index contributed by atoms with van der Waals surface area (Å²) in [5, 5.41) is 2.58. The second-order valence-electron chi connectivity index (χ2n) is 2.44. The first-order valence-corrected chi connectivity index (χ1v) is 4.84. The molecule has 0 saturated carbocycles. The minimum Gasteiger partial charge on any atom is -0.396 e. The van der Waals surface area contributed by atoms with E-state index in [-0.39, 0.29) is 0 Å². The smallest absolute Gasteiger partial charge is 0.171 e. The van der Waals surface area contributed by atoms with Crippen LogP contribution in [0.3, 0.4) is 0 Å². The molecule has 0 aromatic carbocycles. The molecule has 0 fully saturated rings. The Balaban J connectivity index is 2.47. The number of thiophene rings is 1. The topological polar surface area (TPSA) is 51.8 Å². The van der Waals surface area contributed by atoms with Crippen molar-refractivity contribution in [3.05, 3.63) is 28.9 Å². The molecule has 2 N–H and O–H groups in total. The molecule has 66 valence electrons. The van der Waals surface area contributed by atoms with Crippen LogP contribution in [0, 0.1) is 0 Å². The molecule has 2 aromatic rings. The molecule has 0 aliphatic heterocycles. The van der Waals surface area contributed by atoms with Gasteiger partial charge in [-0.2, -0.15) is 0 Å². The average Bonchev–Trinajstić information content (AvgIpc) is 2.53. The second-order valence-corrected chi connectivity index (χ2v) is 3.76. The van der Waals surface area contributed by atoms with Gasteiger partial charge >= 0.3 is 0 Å². The number of hydrogen-bond donors (Lipinski definition) is 1. The molecule has 13 heavy (non-hydrogen) atoms. The summed E-state index contributed by atoms with van der Waals surface area (Å²) in [5.74, 6) is 0.620. The van der Waals surface area contributed by atoms with Crippen molar-refractivity contribution in [2.45, 2.75) is 0 Å². The van der Waals surface area contributed by atoms with Crippen LogP contribution in [0.15, 0.2) is 23.8 Å². The highest BCUT2D eigenvalue weighted by atomic mass is 35.5. The fourth-order valence-corrected chi connectivity index (χ4v) is 2.00. The van der Waals surface area contributed by atoms with Gasteiger partial charge in [0, 0.05) is 0 Å². The standard InChI is InChI=1S/C8H6ClN3S/c9-6-1-2-13-7(6)8-11-3-5(10)4-12-8/h1-4H,10H2. The van der Waals surface area contributed by atoms with Crippen molar-refractivity contribution < 1.29 is 0 Å². The molecule has 0 atom stereocenters. The van der Waals surface area contributed by atoms with Crippen LogP contribution in [0.2, 0.25) is 5.02 Å². The Kier molecular flexibility index (Phi) is 2.16. The van der Waals surface area contributed by atoms with Crippen LogP contribution in [0.4, 0.5) is 5.69 Å². The van der Waals surface area contributed by atoms with Crippen LogP contribution in [-0.2, 0) is 0 Å². The summed E-state index contributed by atoms with van der Waals surface area (Å²) in [6.45, 7) is 0. The van der Waals surface area contributed by atoms with E-state index in [4.69, 9.17) is 17.3 Å². The Labute approximate surface area is 84.2 Å². The van der Waals surface area contributed by atoms with E-state index in [2.05, 4.69) is 9.97 Å². The number of nitrogens with zero attached hydrogens (tertiary/aromatic N) is 2. The first-order chi connectivity index (χ1) is 6.27. The van der Waals surface area contributed by atoms with Crippen molar-refractivity contribution >= 4 is 28.6 Å². The monoisotopic (exact) mass is 211 g/mol. The minimum absolute atomic E-state index is 0.552. The molecule has 2 aromatic heterocycles. The molecule has 0 saturated heterocycles. The van der Waals surface area contributed by atoms with E-state index in [0.29, 0.717) is 16.5 Å². The van der Waals surface area contributed by atoms with Gasteiger partial charge in [0.05, 0.1) is 28.0 Å². The van der Waals surface area contributed by atoms with Gasteiger partial charge in [-0.3, -0.25) is 0 Å². The van der Waals surface area contributed by atoms with Crippen LogP contribution in [0.25, 0.3) is 10.7 Å². The van der Waals surface area contributed by atoms with Gasteiger partial charge in [-0.05, 0) is 11.4 Å². The Morgan fingerprint density at radius 1 is 1.31 bits per heavy atom. The van der Waals surface area contributed by atoms with Crippen molar-refractivity contribution in [2.24, 2.45) is 0 Å². The lowest BCUT2D eigenvalue weighted by Gasteiger charge is -1.96. The molecule has 0 bridgehead atoms. The number of aromatic nitrogens is 2. The van der Waals surface area contributed by atoms with Gasteiger partial charge in [0.2, 0.25) is 0 Å². The van der Waals surface area contributed by atoms with E-state index in [1.807, 2.05) is 11.4 Å². The number of hydrogen-bond acceptors (Lipinski definition) is 4. The van der Waals surface area contributed by atoms with E-state index in [0.717, 1.165) is 4.88 Å². The second kappa shape index (κ2) is 3.32. The third-order valence-corrected chi connectivity index (χ3v) is 2.83. The number of nitrogens with two attached hydrogens (primary N) is 1. The van der Waals surface area contributed by atoms with Gasteiger partial charge in [0.1, 0.15) is 0 Å². The van der Waals surface area contributed by atoms with Crippen molar-refractivity contribution in [3.8, 4) is 10.7 Å². The largest absolute Gasteiger partial charge is 0.396 e. The third kappa shape index (κ3) is 1.64. The first kappa shape index (κ1) is 8.47. The third-order valence-electron chi connectivity index (χ3n) is 1.49. The molecule has 2 heterocycles. The molecule has 0 unspecified atom stereocenters. The van der Waals surface area contributed by atoms with Gasteiger partial charge in [-0.25, -0.2) is 9.97 Å². The zero-order valence-corrected chi connectivity index (χ0v) is 8.14. The first-order valence-electron chi connectivity index (χ1n) is 3.58. The van der Waals surface area contributed by atoms with E-state index in [1.165, 1.54) is 11.3 Å². The summed E-state index contributed by atoms with van der Waals surface area (Å²) in [6.07, 6.45) is 3.14. The SMILES string of the molecule is Nc1cnc(-c2sccc2Cl)nc1. The molecule has 0 amide bonds. The highest BCUT2D eigenvalue weighted by molar-refractivity contribution is 7.14. The maximum absolute atomic E-state index is 5.91. The Morgan fingerprint density at radius 3 is 2.54 bits per heavy atom. The van der Waals surface area contributed by atoms with Gasteiger partial charge in [-0.1, -0.05) is 11.6 Å². The van der Waals surface area contributed by atoms with Crippen molar-refractivity contribution in [1.82, 2.24) is 9.97 Å². The predicted molar refractivity (Wildman–Crippen MR) is 54.8 cm³/mol. The average molecular weight is 212 g/mol. The van der Waals surface area contributed by atoms with E-state index in [1.54, 1.807) is 12.4 Å². The van der Waals surface area contributed by atoms with Crippen molar-refractivity contribution in [3.63, 3.8) is 0 Å². The fourth-order valence-electron chi connectivity index (χ4n) is 0.909. The zero-order valence-electron chi connectivity index (χ0n) is 6.57. The van der Waals surface area contributed by atoms with E-state index in [9.17, 15) is 0 Å². The molecule has 2 rings (SSSR count). The zero-order chi connectivity index (χ0) is 9.26. The lowest BCUT2D eigenvalue weighted by Crippen LogP contribution is -1.90. The maximum atomic E-state index is 5.91. The molecule has 0 aliphatic rings. The molecule has 5 heteroatoms. The molecule has 0 radical (unpaired) electrons. The van der Waals surface area contributed by atoms with Crippen LogP contribution in [0.5, 0.6) is 0 Å². The molecule has 0 aliphatic carbocycles. The number of rotatable bonds is 1. The predicted octanol–water partition coefficient (Wildman–Crippen LogP) is 2.44. The lowest BCUT2D eigenvalue weighted by molar-refractivity contribution is 1.19. The van der Waals surface area contributed by atoms with Gasteiger partial charge in [-0.15, -0.1) is 11.3 Å². The van der Waals surface area contributed by atoms with Crippen LogP contribution < -0.4 is 5.73 Å². The summed E-state index contributed by atoms with van der Waals surface area (Å²) in [6, 6.07) is 1.82. The quantitative estimate of drug-likeness (QED) is 0.788. The summed E-state index contributed by atoms with van der Waals surface area (Å²) in [4.78, 5) is 9.02. The highest BCUT2D eigenvalue weighted by Gasteiger charge is 2.06. The highest BCUT2D eigenvalue weighted by Crippen LogP contribution is 2.30. The Hall–Kier alpha value is -1.13. The van der Waals surface area contributed by atoms with Crippen LogP contribution in [0.1, 0.15) is 0 Å². The summed E-state index contributed by atoms with van der Waals surface area (Å²) >= 11 is 7.42. The normalized spacial score (nSPS) is 10.2. The van der Waals surface area contributed by atoms with Crippen LogP contribution in [-0.4, -0.2) is 9.97 Å². The molecule has 3 nitrogen and oxygen atoms in total. The van der Waals surface area contributed by atoms with Gasteiger partial charge in [0.15, 0.2) is 5.82 Å². The minimum atomic E-state index is 0.552. The molecule has 0 spiro atoms. The molecular weight excluding hydrogens is 206 g/mol. The van der Waals surface area contributed by atoms with E-state index < -0.39 is 0 Å². The van der Waals surface area contributed by atoms with Gasteiger partial charge in [0.25, 0.3) is 0 Å². The Bertz CT molecular complexity index is 410. The molecular formula is C8H6ClN3S. The lowest BCUT2D eigenvalue weighted by atomic mass is 10.4. The van der Waals surface area contributed by atoms with Crippen molar-refractivity contribution in [1.29, 1.82) is 0 Å². The number of anilines is 1. The maximum Gasteiger partial charge on any atom is 0.171 e. The van der Waals surface area contributed by atoms with Crippen molar-refractivity contribution in [2.75, 3.05) is 5.73 Å². The number of nitrogen functional groups attached to an aromatic ring is 1. The summed E-state index contributed by atoms with van der Waals surface area (Å²) < 4.78 is 0. The summed E-state index contributed by atoms with van der Waals surface area (Å²) in [5.41, 5.74) is 6.02. The van der Waals surface area contributed by atoms with Crippen LogP contribution >= 0.6 is 22.9 Å². The number of halogens is 1. The fraction of sp³-hybridized carbons (Fsp3) is 0. The summed E-state index contributed by atoms with van der Waals surface area (Å²) in [7, 11) is 0. The van der Waals surface area contributed by atoms with Gasteiger partial charge < -0.3 is 5.73 Å².